The lowest BCUT2D eigenvalue weighted by molar-refractivity contribution is -0.121. The van der Waals surface area contributed by atoms with Crippen molar-refractivity contribution in [1.82, 2.24) is 5.32 Å². The van der Waals surface area contributed by atoms with Crippen LogP contribution in [0, 0.1) is 0 Å². The van der Waals surface area contributed by atoms with Crippen LogP contribution in [0.5, 0.6) is 0 Å². The van der Waals surface area contributed by atoms with Crippen LogP contribution in [0.1, 0.15) is 65.2 Å². The molecule has 142 valence electrons. The molecule has 0 aliphatic carbocycles. The highest BCUT2D eigenvalue weighted by Crippen LogP contribution is 2.03. The van der Waals surface area contributed by atoms with E-state index in [-0.39, 0.29) is 5.91 Å². The molecule has 0 saturated heterocycles. The zero-order chi connectivity index (χ0) is 18.6. The molecule has 0 aliphatic rings. The van der Waals surface area contributed by atoms with Crippen LogP contribution in [-0.4, -0.2) is 26.2 Å². The highest BCUT2D eigenvalue weighted by atomic mass is 16.5. The molecule has 0 unspecified atom stereocenters. The number of amides is 1. The summed E-state index contributed by atoms with van der Waals surface area (Å²) < 4.78 is 4.89. The van der Waals surface area contributed by atoms with Crippen molar-refractivity contribution in [2.45, 2.75) is 65.2 Å². The minimum atomic E-state index is 0.123. The molecule has 0 aliphatic heterocycles. The van der Waals surface area contributed by atoms with Gasteiger partial charge in [0.1, 0.15) is 0 Å². The van der Waals surface area contributed by atoms with E-state index in [1.54, 1.807) is 7.11 Å². The average molecular weight is 348 g/mol. The van der Waals surface area contributed by atoms with Crippen LogP contribution >= 0.6 is 0 Å². The monoisotopic (exact) mass is 347 g/mol. The Hall–Kier alpha value is -1.61. The van der Waals surface area contributed by atoms with E-state index in [9.17, 15) is 4.79 Å². The molecule has 1 N–H and O–H groups in total. The van der Waals surface area contributed by atoms with Gasteiger partial charge in [-0.25, -0.2) is 0 Å². The Labute approximate surface area is 154 Å². The van der Waals surface area contributed by atoms with Crippen LogP contribution in [0.25, 0.3) is 0 Å². The van der Waals surface area contributed by atoms with Crippen molar-refractivity contribution >= 4 is 5.91 Å². The third kappa shape index (κ3) is 18.6. The molecule has 0 bridgehead atoms. The zero-order valence-electron chi connectivity index (χ0n) is 16.4. The molecule has 3 nitrogen and oxygen atoms in total. The third-order valence-corrected chi connectivity index (χ3v) is 3.86. The molecule has 1 amide bonds. The molecular weight excluding hydrogens is 310 g/mol. The SMILES string of the molecule is CC/C(C)=C\C/C=C\C/C=C\C/C=C/CCCCC(=O)NCCOC. The smallest absolute Gasteiger partial charge is 0.220 e. The first-order valence-corrected chi connectivity index (χ1v) is 9.57. The van der Waals surface area contributed by atoms with E-state index in [4.69, 9.17) is 4.74 Å². The summed E-state index contributed by atoms with van der Waals surface area (Å²) in [6, 6.07) is 0. The molecule has 0 aromatic carbocycles. The summed E-state index contributed by atoms with van der Waals surface area (Å²) in [5, 5.41) is 2.84. The number of allylic oxidation sites excluding steroid dienone is 8. The molecule has 0 aromatic heterocycles. The van der Waals surface area contributed by atoms with Crippen LogP contribution in [0.4, 0.5) is 0 Å². The number of nitrogens with one attached hydrogen (secondary N) is 1. The van der Waals surface area contributed by atoms with Gasteiger partial charge >= 0.3 is 0 Å². The Morgan fingerprint density at radius 1 is 0.960 bits per heavy atom. The zero-order valence-corrected chi connectivity index (χ0v) is 16.4. The number of hydrogen-bond acceptors (Lipinski definition) is 2. The van der Waals surface area contributed by atoms with Gasteiger partial charge in [-0.1, -0.05) is 55.0 Å². The van der Waals surface area contributed by atoms with Crippen LogP contribution in [0.2, 0.25) is 0 Å². The standard InChI is InChI=1S/C22H37NO2/c1-4-21(2)17-15-13-11-9-7-5-6-8-10-12-14-16-18-22(24)23-19-20-25-3/h5,7-8,10-11,13,17H,4,6,9,12,14-16,18-20H2,1-3H3,(H,23,24)/b7-5-,10-8+,13-11-,21-17-. The molecule has 0 aromatic rings. The van der Waals surface area contributed by atoms with Crippen LogP contribution < -0.4 is 5.32 Å². The lowest BCUT2D eigenvalue weighted by Gasteiger charge is -2.03. The van der Waals surface area contributed by atoms with E-state index in [0.717, 1.165) is 44.9 Å². The summed E-state index contributed by atoms with van der Waals surface area (Å²) in [6.45, 7) is 5.55. The van der Waals surface area contributed by atoms with Crippen molar-refractivity contribution in [2.24, 2.45) is 0 Å². The Bertz CT molecular complexity index is 433. The molecule has 3 heteroatoms. The van der Waals surface area contributed by atoms with Gasteiger partial charge in [-0.2, -0.15) is 0 Å². The largest absolute Gasteiger partial charge is 0.383 e. The van der Waals surface area contributed by atoms with Gasteiger partial charge < -0.3 is 10.1 Å². The fourth-order valence-corrected chi connectivity index (χ4v) is 2.10. The van der Waals surface area contributed by atoms with E-state index in [2.05, 4.69) is 61.7 Å². The van der Waals surface area contributed by atoms with Crippen molar-refractivity contribution in [3.8, 4) is 0 Å². The normalized spacial score (nSPS) is 12.7. The van der Waals surface area contributed by atoms with Crippen molar-refractivity contribution in [1.29, 1.82) is 0 Å². The van der Waals surface area contributed by atoms with Crippen LogP contribution in [0.3, 0.4) is 0 Å². The van der Waals surface area contributed by atoms with Gasteiger partial charge in [-0.05, 0) is 51.9 Å². The number of carbonyl (C=O) groups is 1. The predicted molar refractivity (Wildman–Crippen MR) is 109 cm³/mol. The van der Waals surface area contributed by atoms with Crippen LogP contribution in [-0.2, 0) is 9.53 Å². The summed E-state index contributed by atoms with van der Waals surface area (Å²) in [5.41, 5.74) is 1.46. The van der Waals surface area contributed by atoms with Crippen molar-refractivity contribution < 1.29 is 9.53 Å². The second-order valence-electron chi connectivity index (χ2n) is 6.11. The van der Waals surface area contributed by atoms with Crippen molar-refractivity contribution in [3.05, 3.63) is 48.1 Å². The van der Waals surface area contributed by atoms with Crippen molar-refractivity contribution in [3.63, 3.8) is 0 Å². The molecular formula is C22H37NO2. The maximum atomic E-state index is 11.5. The summed E-state index contributed by atoms with van der Waals surface area (Å²) in [6.07, 6.45) is 23.4. The van der Waals surface area contributed by atoms with E-state index >= 15 is 0 Å². The molecule has 0 fully saturated rings. The molecule has 0 saturated carbocycles. The summed E-state index contributed by atoms with van der Waals surface area (Å²) in [4.78, 5) is 11.5. The van der Waals surface area contributed by atoms with Gasteiger partial charge in [0.05, 0.1) is 6.61 Å². The second-order valence-corrected chi connectivity index (χ2v) is 6.11. The van der Waals surface area contributed by atoms with Gasteiger partial charge in [0.25, 0.3) is 0 Å². The minimum Gasteiger partial charge on any atom is -0.383 e. The Morgan fingerprint density at radius 3 is 2.24 bits per heavy atom. The number of methoxy groups -OCH3 is 1. The van der Waals surface area contributed by atoms with Gasteiger partial charge in [0.2, 0.25) is 5.91 Å². The fraction of sp³-hybridized carbons (Fsp3) is 0.591. The average Bonchev–Trinajstić information content (AvgIpc) is 2.61. The first-order chi connectivity index (χ1) is 12.2. The van der Waals surface area contributed by atoms with E-state index < -0.39 is 0 Å². The van der Waals surface area contributed by atoms with Gasteiger partial charge in [-0.3, -0.25) is 4.79 Å². The van der Waals surface area contributed by atoms with E-state index in [1.165, 1.54) is 5.57 Å². The first-order valence-electron chi connectivity index (χ1n) is 9.57. The third-order valence-electron chi connectivity index (χ3n) is 3.86. The Balaban J connectivity index is 3.48. The van der Waals surface area contributed by atoms with Crippen LogP contribution in [0.15, 0.2) is 48.1 Å². The van der Waals surface area contributed by atoms with Gasteiger partial charge in [-0.15, -0.1) is 0 Å². The predicted octanol–water partition coefficient (Wildman–Crippen LogP) is 5.50. The van der Waals surface area contributed by atoms with Gasteiger partial charge in [0.15, 0.2) is 0 Å². The first kappa shape index (κ1) is 23.4. The van der Waals surface area contributed by atoms with E-state index in [0.29, 0.717) is 19.6 Å². The lowest BCUT2D eigenvalue weighted by Crippen LogP contribution is -2.26. The Morgan fingerprint density at radius 2 is 1.60 bits per heavy atom. The quantitative estimate of drug-likeness (QED) is 0.313. The summed E-state index contributed by atoms with van der Waals surface area (Å²) in [7, 11) is 1.64. The maximum Gasteiger partial charge on any atom is 0.220 e. The highest BCUT2D eigenvalue weighted by Gasteiger charge is 1.98. The number of unbranched alkanes of at least 4 members (excludes halogenated alkanes) is 2. The number of carbonyl (C=O) groups excluding carboxylic acids is 1. The summed E-state index contributed by atoms with van der Waals surface area (Å²) in [5.74, 6) is 0.123. The topological polar surface area (TPSA) is 38.3 Å². The molecule has 0 radical (unpaired) electrons. The lowest BCUT2D eigenvalue weighted by atomic mass is 10.1. The molecule has 0 atom stereocenters. The molecule has 0 spiro atoms. The Kier molecular flexibility index (Phi) is 17.5. The molecule has 25 heavy (non-hydrogen) atoms. The fourth-order valence-electron chi connectivity index (χ4n) is 2.10. The molecule has 0 heterocycles. The highest BCUT2D eigenvalue weighted by molar-refractivity contribution is 5.75. The number of ether oxygens (including phenoxy) is 1. The number of hydrogen-bond donors (Lipinski definition) is 1. The van der Waals surface area contributed by atoms with Gasteiger partial charge in [0, 0.05) is 20.1 Å². The number of rotatable bonds is 15. The molecule has 0 rings (SSSR count). The van der Waals surface area contributed by atoms with E-state index in [1.807, 2.05) is 0 Å². The van der Waals surface area contributed by atoms with Crippen molar-refractivity contribution in [2.75, 3.05) is 20.3 Å². The summed E-state index contributed by atoms with van der Waals surface area (Å²) >= 11 is 0. The maximum absolute atomic E-state index is 11.5. The second kappa shape index (κ2) is 18.7. The minimum absolute atomic E-state index is 0.123.